The lowest BCUT2D eigenvalue weighted by Gasteiger charge is -2.27. The maximum Gasteiger partial charge on any atom is 0.159 e. The molecule has 0 unspecified atom stereocenters. The van der Waals surface area contributed by atoms with Crippen molar-refractivity contribution in [3.8, 4) is 33.4 Å². The zero-order valence-corrected chi connectivity index (χ0v) is 52.9. The smallest absolute Gasteiger partial charge is 0.159 e. The Kier molecular flexibility index (Phi) is 10.3. The number of thiophene rings is 1. The molecule has 0 N–H and O–H groups in total. The van der Waals surface area contributed by atoms with E-state index in [-0.39, 0.29) is 10.8 Å². The molecule has 14 aromatic carbocycles. The van der Waals surface area contributed by atoms with Crippen LogP contribution in [0.4, 0.5) is 34.1 Å². The number of rotatable bonds is 7. The average Bonchev–Trinajstić information content (AvgIpc) is 1.53. The molecule has 5 aromatic heterocycles. The lowest BCUT2D eigenvalue weighted by molar-refractivity contribution is 0.660. The summed E-state index contributed by atoms with van der Waals surface area (Å²) in [5.74, 6) is 0. The lowest BCUT2D eigenvalue weighted by atomic mass is 9.82. The number of anilines is 6. The highest BCUT2D eigenvalue weighted by Gasteiger charge is 2.38. The fourth-order valence-electron chi connectivity index (χ4n) is 17.1. The van der Waals surface area contributed by atoms with E-state index < -0.39 is 0 Å². The van der Waals surface area contributed by atoms with Gasteiger partial charge in [-0.25, -0.2) is 0 Å². The summed E-state index contributed by atoms with van der Waals surface area (Å²) in [5.41, 5.74) is 26.0. The molecule has 0 atom stereocenters. The first-order chi connectivity index (χ1) is 46.1. The van der Waals surface area contributed by atoms with Crippen molar-refractivity contribution in [3.05, 3.63) is 295 Å². The third-order valence-corrected chi connectivity index (χ3v) is 22.6. The van der Waals surface area contributed by atoms with Crippen LogP contribution in [0, 0.1) is 0 Å². The number of hydrogen-bond acceptors (Lipinski definition) is 5. The number of benzene rings is 14. The summed E-state index contributed by atoms with van der Waals surface area (Å²) in [7, 11) is 0. The molecule has 442 valence electrons. The minimum atomic E-state index is -0.131. The van der Waals surface area contributed by atoms with Gasteiger partial charge < -0.3 is 23.0 Å². The van der Waals surface area contributed by atoms with Crippen LogP contribution in [0.15, 0.2) is 282 Å². The summed E-state index contributed by atoms with van der Waals surface area (Å²) in [4.78, 5) is 4.86. The molecule has 6 heteroatoms. The van der Waals surface area contributed by atoms with Gasteiger partial charge in [0.05, 0.1) is 27.9 Å². The fraction of sp³-hybridized carbons (Fsp3) is 0.0682. The molecule has 21 rings (SSSR count). The number of para-hydroxylation sites is 4. The van der Waals surface area contributed by atoms with E-state index in [0.717, 1.165) is 83.5 Å². The maximum atomic E-state index is 6.92. The zero-order valence-electron chi connectivity index (χ0n) is 52.0. The summed E-state index contributed by atoms with van der Waals surface area (Å²) in [6.45, 7) is 9.41. The van der Waals surface area contributed by atoms with Gasteiger partial charge in [0.25, 0.3) is 0 Å². The second-order valence-electron chi connectivity index (χ2n) is 27.1. The van der Waals surface area contributed by atoms with E-state index in [1.165, 1.54) is 119 Å². The average molecular weight is 1220 g/mol. The Labute approximate surface area is 545 Å². The molecule has 19 aromatic rings. The van der Waals surface area contributed by atoms with Gasteiger partial charge in [0.1, 0.15) is 11.2 Å². The van der Waals surface area contributed by atoms with Crippen LogP contribution in [0.2, 0.25) is 0 Å². The fourth-order valence-corrected chi connectivity index (χ4v) is 18.2. The quantitative estimate of drug-likeness (QED) is 0.159. The molecule has 2 aliphatic rings. The van der Waals surface area contributed by atoms with Gasteiger partial charge in [-0.05, 0) is 170 Å². The van der Waals surface area contributed by atoms with Gasteiger partial charge in [-0.3, -0.25) is 0 Å². The van der Waals surface area contributed by atoms with E-state index >= 15 is 0 Å². The second kappa shape index (κ2) is 18.6. The minimum absolute atomic E-state index is 0.115. The Balaban J connectivity index is 0.775. The van der Waals surface area contributed by atoms with Crippen LogP contribution >= 0.6 is 11.3 Å². The van der Waals surface area contributed by atoms with Crippen LogP contribution in [-0.4, -0.2) is 4.40 Å². The molecular weight excluding hydrogens is 1160 g/mol. The highest BCUT2D eigenvalue weighted by Crippen LogP contribution is 2.55. The van der Waals surface area contributed by atoms with Crippen molar-refractivity contribution in [3.63, 3.8) is 0 Å². The Hall–Kier alpha value is -11.4. The topological polar surface area (TPSA) is 37.2 Å². The van der Waals surface area contributed by atoms with E-state index in [0.29, 0.717) is 0 Å². The van der Waals surface area contributed by atoms with Gasteiger partial charge in [0.15, 0.2) is 11.2 Å². The van der Waals surface area contributed by atoms with Gasteiger partial charge in [0, 0.05) is 96.8 Å². The lowest BCUT2D eigenvalue weighted by Crippen LogP contribution is -2.15. The third-order valence-electron chi connectivity index (χ3n) is 21.5. The normalized spacial score (nSPS) is 13.9. The zero-order chi connectivity index (χ0) is 62.0. The first-order valence-electron chi connectivity index (χ1n) is 32.6. The summed E-state index contributed by atoms with van der Waals surface area (Å²) in [5, 5.41) is 14.3. The molecule has 5 nitrogen and oxygen atoms in total. The predicted molar refractivity (Wildman–Crippen MR) is 396 cm³/mol. The summed E-state index contributed by atoms with van der Waals surface area (Å²) >= 11 is 1.88. The van der Waals surface area contributed by atoms with Crippen molar-refractivity contribution < 1.29 is 8.83 Å². The summed E-state index contributed by atoms with van der Waals surface area (Å²) < 4.78 is 18.8. The van der Waals surface area contributed by atoms with Crippen molar-refractivity contribution in [2.24, 2.45) is 0 Å². The van der Waals surface area contributed by atoms with E-state index in [1.54, 1.807) is 0 Å². The highest BCUT2D eigenvalue weighted by molar-refractivity contribution is 7.26. The molecule has 0 fully saturated rings. The number of fused-ring (bicyclic) bond motifs is 23. The Morgan fingerprint density at radius 1 is 0.319 bits per heavy atom. The molecule has 94 heavy (non-hydrogen) atoms. The Morgan fingerprint density at radius 3 is 1.47 bits per heavy atom. The van der Waals surface area contributed by atoms with Crippen LogP contribution in [0.5, 0.6) is 0 Å². The first kappa shape index (κ1) is 52.2. The van der Waals surface area contributed by atoms with Crippen molar-refractivity contribution in [2.45, 2.75) is 38.5 Å². The van der Waals surface area contributed by atoms with Crippen molar-refractivity contribution in [2.75, 3.05) is 9.80 Å². The van der Waals surface area contributed by atoms with Crippen LogP contribution < -0.4 is 9.80 Å². The van der Waals surface area contributed by atoms with Gasteiger partial charge >= 0.3 is 0 Å². The molecule has 0 bridgehead atoms. The Bertz CT molecular complexity index is 6510. The molecule has 0 amide bonds. The maximum absolute atomic E-state index is 6.92. The SMILES string of the molecule is CC1(C)c2ccccc2-c2cc(N(c3ccc4c(c3)sc3cc5c(ccc6c5c5cc(-c7ccccc7)cc7c8ccc(N(c9ccc%10c(c9)-c9ccccc9C%10(C)C)c9cccc%10c9oc9ccccc9%10)cc8n6c75)cc34)c3cccc4c3oc3ccccc34)ccc21. The minimum Gasteiger partial charge on any atom is -0.454 e. The highest BCUT2D eigenvalue weighted by atomic mass is 32.1. The van der Waals surface area contributed by atoms with Crippen LogP contribution in [0.3, 0.4) is 0 Å². The molecule has 0 aliphatic heterocycles. The van der Waals surface area contributed by atoms with E-state index in [2.05, 4.69) is 315 Å². The predicted octanol–water partition coefficient (Wildman–Crippen LogP) is 25.4. The third kappa shape index (κ3) is 7.02. The molecule has 2 aliphatic carbocycles. The molecule has 5 heterocycles. The van der Waals surface area contributed by atoms with Gasteiger partial charge in [-0.15, -0.1) is 11.3 Å². The molecule has 0 saturated heterocycles. The second-order valence-corrected chi connectivity index (χ2v) is 28.2. The van der Waals surface area contributed by atoms with E-state index in [9.17, 15) is 0 Å². The molecule has 0 saturated carbocycles. The number of nitrogens with zero attached hydrogens (tertiary/aromatic N) is 3. The molecule has 0 spiro atoms. The van der Waals surface area contributed by atoms with Gasteiger partial charge in [0.2, 0.25) is 0 Å². The summed E-state index contributed by atoms with van der Waals surface area (Å²) in [6.07, 6.45) is 0. The summed E-state index contributed by atoms with van der Waals surface area (Å²) in [6, 6.07) is 102. The first-order valence-corrected chi connectivity index (χ1v) is 33.4. The van der Waals surface area contributed by atoms with E-state index in [4.69, 9.17) is 8.83 Å². The van der Waals surface area contributed by atoms with Crippen LogP contribution in [-0.2, 0) is 10.8 Å². The monoisotopic (exact) mass is 1220 g/mol. The standard InChI is InChI=1S/C88H57N3O2S/c1-87(2)71-26-12-8-20-57(71)66-45-53(35-39-73(66)87)89(76-28-16-24-63-60-22-10-14-30-79(60)92-85(63)76)55-33-37-59-69-43-52(50-18-6-5-7-19-50)44-70-83-65-49-82-68(42-51(65)32-41-75(83)91(84(69)70)78(59)47-55)62-38-34-56(48-81(62)94-82)90(77-29-17-25-64-61-23-11-15-31-80(61)93-86(64)77)54-36-40-74-67(46-54)58-21-9-13-27-72(58)88(74,3)4/h5-49H,1-4H3. The van der Waals surface area contributed by atoms with Crippen molar-refractivity contribution >= 4 is 158 Å². The van der Waals surface area contributed by atoms with Crippen molar-refractivity contribution in [1.29, 1.82) is 0 Å². The van der Waals surface area contributed by atoms with E-state index in [1.807, 2.05) is 11.3 Å². The molecule has 0 radical (unpaired) electrons. The number of aromatic nitrogens is 1. The Morgan fingerprint density at radius 2 is 0.830 bits per heavy atom. The van der Waals surface area contributed by atoms with Crippen molar-refractivity contribution in [1.82, 2.24) is 4.40 Å². The number of hydrogen-bond donors (Lipinski definition) is 0. The van der Waals surface area contributed by atoms with Crippen LogP contribution in [0.1, 0.15) is 49.9 Å². The largest absolute Gasteiger partial charge is 0.454 e. The number of furan rings is 2. The molecular formula is C88H57N3O2S. The van der Waals surface area contributed by atoms with Crippen LogP contribution in [0.25, 0.3) is 146 Å². The van der Waals surface area contributed by atoms with Gasteiger partial charge in [-0.1, -0.05) is 198 Å². The van der Waals surface area contributed by atoms with Gasteiger partial charge in [-0.2, -0.15) is 0 Å².